The van der Waals surface area contributed by atoms with Gasteiger partial charge in [0, 0.05) is 25.2 Å². The highest BCUT2D eigenvalue weighted by molar-refractivity contribution is 5.60. The Morgan fingerprint density at radius 1 is 1.09 bits per heavy atom. The van der Waals surface area contributed by atoms with Crippen molar-refractivity contribution in [1.82, 2.24) is 10.3 Å². The summed E-state index contributed by atoms with van der Waals surface area (Å²) in [6, 6.07) is 3.77. The van der Waals surface area contributed by atoms with E-state index in [-0.39, 0.29) is 6.04 Å². The van der Waals surface area contributed by atoms with Gasteiger partial charge in [-0.25, -0.2) is 8.78 Å². The first-order valence-electron chi connectivity index (χ1n) is 8.15. The summed E-state index contributed by atoms with van der Waals surface area (Å²) < 4.78 is 26.9. The van der Waals surface area contributed by atoms with Crippen LogP contribution in [0.2, 0.25) is 0 Å². The number of hydrogen-bond donors (Lipinski definition) is 1. The summed E-state index contributed by atoms with van der Waals surface area (Å²) in [6.07, 6.45) is 5.08. The Hall–Kier alpha value is -1.49. The van der Waals surface area contributed by atoms with Crippen molar-refractivity contribution in [2.75, 3.05) is 19.6 Å². The molecule has 2 aliphatic heterocycles. The number of fused-ring (bicyclic) bond motifs is 1. The minimum Gasteiger partial charge on any atom is -0.316 e. The van der Waals surface area contributed by atoms with E-state index >= 15 is 0 Å². The van der Waals surface area contributed by atoms with Gasteiger partial charge in [0.05, 0.1) is 6.04 Å². The van der Waals surface area contributed by atoms with Crippen LogP contribution < -0.4 is 5.32 Å². The lowest BCUT2D eigenvalue weighted by molar-refractivity contribution is 0.192. The van der Waals surface area contributed by atoms with Crippen molar-refractivity contribution in [3.63, 3.8) is 0 Å². The van der Waals surface area contributed by atoms with E-state index in [0.717, 1.165) is 44.0 Å². The minimum atomic E-state index is -0.511. The molecule has 0 bridgehead atoms. The Balaban J connectivity index is 1.46. The van der Waals surface area contributed by atoms with Crippen LogP contribution in [0.5, 0.6) is 0 Å². The molecule has 118 valence electrons. The van der Waals surface area contributed by atoms with E-state index in [9.17, 15) is 8.78 Å². The van der Waals surface area contributed by atoms with Gasteiger partial charge in [-0.05, 0) is 61.4 Å². The summed E-state index contributed by atoms with van der Waals surface area (Å²) in [5.74, 6) is 1.24. The van der Waals surface area contributed by atoms with E-state index in [2.05, 4.69) is 10.4 Å². The van der Waals surface area contributed by atoms with Gasteiger partial charge in [0.15, 0.2) is 0 Å². The SMILES string of the molecule is Fc1cc(F)cc(C2CC=NN2CC2CC3CNCC3C2)c1. The molecule has 2 heterocycles. The predicted octanol–water partition coefficient (Wildman–Crippen LogP) is 2.94. The molecule has 0 radical (unpaired) electrons. The predicted molar refractivity (Wildman–Crippen MR) is 81.5 cm³/mol. The fraction of sp³-hybridized carbons (Fsp3) is 0.588. The molecule has 1 aromatic rings. The Bertz CT molecular complexity index is 557. The Labute approximate surface area is 129 Å². The van der Waals surface area contributed by atoms with Gasteiger partial charge >= 0.3 is 0 Å². The molecule has 1 saturated carbocycles. The van der Waals surface area contributed by atoms with E-state index in [1.54, 1.807) is 0 Å². The van der Waals surface area contributed by atoms with Gasteiger partial charge in [-0.1, -0.05) is 0 Å². The molecule has 0 spiro atoms. The van der Waals surface area contributed by atoms with E-state index in [0.29, 0.717) is 11.5 Å². The van der Waals surface area contributed by atoms with Gasteiger partial charge in [0.1, 0.15) is 11.6 Å². The number of halogens is 2. The molecule has 3 aliphatic rings. The molecule has 1 N–H and O–H groups in total. The number of rotatable bonds is 3. The largest absolute Gasteiger partial charge is 0.316 e. The summed E-state index contributed by atoms with van der Waals surface area (Å²) >= 11 is 0. The van der Waals surface area contributed by atoms with Gasteiger partial charge < -0.3 is 5.32 Å². The zero-order valence-corrected chi connectivity index (χ0v) is 12.5. The lowest BCUT2D eigenvalue weighted by atomic mass is 10.0. The molecule has 4 rings (SSSR count). The molecule has 3 unspecified atom stereocenters. The van der Waals surface area contributed by atoms with Crippen molar-refractivity contribution in [2.24, 2.45) is 22.9 Å². The van der Waals surface area contributed by atoms with Gasteiger partial charge in [-0.2, -0.15) is 5.10 Å². The monoisotopic (exact) mass is 305 g/mol. The standard InChI is InChI=1S/C17H21F2N3/c18-15-5-12(6-16(19)7-15)17-1-2-21-22(17)10-11-3-13-8-20-9-14(13)4-11/h2,5-7,11,13-14,17,20H,1,3-4,8-10H2. The van der Waals surface area contributed by atoms with Crippen molar-refractivity contribution >= 4 is 6.21 Å². The fourth-order valence-corrected chi connectivity index (χ4v) is 4.41. The molecule has 2 fully saturated rings. The second-order valence-electron chi connectivity index (χ2n) is 6.89. The van der Waals surface area contributed by atoms with Crippen LogP contribution in [0.3, 0.4) is 0 Å². The first-order chi connectivity index (χ1) is 10.7. The van der Waals surface area contributed by atoms with Crippen LogP contribution in [0.15, 0.2) is 23.3 Å². The average Bonchev–Trinajstić information content (AvgIpc) is 3.13. The highest BCUT2D eigenvalue weighted by Gasteiger charge is 2.38. The van der Waals surface area contributed by atoms with Crippen LogP contribution in [0.4, 0.5) is 8.78 Å². The van der Waals surface area contributed by atoms with Crippen LogP contribution >= 0.6 is 0 Å². The van der Waals surface area contributed by atoms with E-state index < -0.39 is 11.6 Å². The third kappa shape index (κ3) is 2.62. The van der Waals surface area contributed by atoms with Crippen molar-refractivity contribution in [2.45, 2.75) is 25.3 Å². The van der Waals surface area contributed by atoms with E-state index in [1.807, 2.05) is 11.2 Å². The molecular formula is C17H21F2N3. The van der Waals surface area contributed by atoms with Crippen LogP contribution in [0.1, 0.15) is 30.9 Å². The van der Waals surface area contributed by atoms with Crippen LogP contribution in [-0.2, 0) is 0 Å². The minimum absolute atomic E-state index is 0.0243. The second-order valence-corrected chi connectivity index (χ2v) is 6.89. The number of nitrogens with one attached hydrogen (secondary N) is 1. The molecular weight excluding hydrogens is 284 g/mol. The Morgan fingerprint density at radius 2 is 1.77 bits per heavy atom. The van der Waals surface area contributed by atoms with Crippen LogP contribution in [-0.4, -0.2) is 30.9 Å². The summed E-state index contributed by atoms with van der Waals surface area (Å²) in [5.41, 5.74) is 0.690. The third-order valence-corrected chi connectivity index (χ3v) is 5.39. The van der Waals surface area contributed by atoms with E-state index in [4.69, 9.17) is 0 Å². The second kappa shape index (κ2) is 5.61. The molecule has 5 heteroatoms. The molecule has 0 amide bonds. The number of benzene rings is 1. The highest BCUT2D eigenvalue weighted by Crippen LogP contribution is 2.40. The molecule has 3 nitrogen and oxygen atoms in total. The third-order valence-electron chi connectivity index (χ3n) is 5.39. The maximum Gasteiger partial charge on any atom is 0.126 e. The number of hydrazone groups is 1. The zero-order chi connectivity index (χ0) is 15.1. The first kappa shape index (κ1) is 14.1. The average molecular weight is 305 g/mol. The first-order valence-corrected chi connectivity index (χ1v) is 8.15. The van der Waals surface area contributed by atoms with E-state index in [1.165, 1.54) is 25.0 Å². The maximum absolute atomic E-state index is 13.5. The Kier molecular flexibility index (Phi) is 3.60. The molecule has 3 atom stereocenters. The molecule has 1 saturated heterocycles. The zero-order valence-electron chi connectivity index (χ0n) is 12.5. The van der Waals surface area contributed by atoms with Crippen molar-refractivity contribution in [1.29, 1.82) is 0 Å². The molecule has 22 heavy (non-hydrogen) atoms. The Morgan fingerprint density at radius 3 is 2.45 bits per heavy atom. The van der Waals surface area contributed by atoms with Crippen molar-refractivity contribution in [3.8, 4) is 0 Å². The fourth-order valence-electron chi connectivity index (χ4n) is 4.41. The normalized spacial score (nSPS) is 33.6. The summed E-state index contributed by atoms with van der Waals surface area (Å²) in [7, 11) is 0. The van der Waals surface area contributed by atoms with Crippen LogP contribution in [0, 0.1) is 29.4 Å². The smallest absolute Gasteiger partial charge is 0.126 e. The molecule has 1 aliphatic carbocycles. The summed E-state index contributed by atoms with van der Waals surface area (Å²) in [6.45, 7) is 3.18. The van der Waals surface area contributed by atoms with Gasteiger partial charge in [0.25, 0.3) is 0 Å². The maximum atomic E-state index is 13.5. The summed E-state index contributed by atoms with van der Waals surface area (Å²) in [5, 5.41) is 9.95. The summed E-state index contributed by atoms with van der Waals surface area (Å²) in [4.78, 5) is 0. The van der Waals surface area contributed by atoms with Gasteiger partial charge in [-0.15, -0.1) is 0 Å². The molecule has 1 aromatic carbocycles. The van der Waals surface area contributed by atoms with Gasteiger partial charge in [0.2, 0.25) is 0 Å². The number of nitrogens with zero attached hydrogens (tertiary/aromatic N) is 2. The van der Waals surface area contributed by atoms with Crippen LogP contribution in [0.25, 0.3) is 0 Å². The molecule has 0 aromatic heterocycles. The quantitative estimate of drug-likeness (QED) is 0.930. The lowest BCUT2D eigenvalue weighted by Crippen LogP contribution is -2.26. The van der Waals surface area contributed by atoms with Gasteiger partial charge in [-0.3, -0.25) is 5.01 Å². The number of hydrogen-bond acceptors (Lipinski definition) is 3. The van der Waals surface area contributed by atoms with Crippen molar-refractivity contribution < 1.29 is 8.78 Å². The highest BCUT2D eigenvalue weighted by atomic mass is 19.1. The lowest BCUT2D eigenvalue weighted by Gasteiger charge is -2.27. The van der Waals surface area contributed by atoms with Crippen molar-refractivity contribution in [3.05, 3.63) is 35.4 Å². The topological polar surface area (TPSA) is 27.6 Å².